The molecule has 0 N–H and O–H groups in total. The fourth-order valence-corrected chi connectivity index (χ4v) is 9.00. The van der Waals surface area contributed by atoms with E-state index >= 15 is 0 Å². The molecular weight excluding hydrogens is 236 g/mol. The summed E-state index contributed by atoms with van der Waals surface area (Å²) < 4.78 is 17.9. The van der Waals surface area contributed by atoms with E-state index in [1.54, 1.807) is 0 Å². The molecule has 0 saturated heterocycles. The predicted octanol–water partition coefficient (Wildman–Crippen LogP) is 2.72. The third-order valence-corrected chi connectivity index (χ3v) is 9.15. The summed E-state index contributed by atoms with van der Waals surface area (Å²) in [4.78, 5) is 0. The van der Waals surface area contributed by atoms with Crippen molar-refractivity contribution in [1.82, 2.24) is 0 Å². The molecule has 0 aliphatic carbocycles. The van der Waals surface area contributed by atoms with E-state index in [1.807, 2.05) is 13.8 Å². The van der Waals surface area contributed by atoms with Crippen LogP contribution in [0.25, 0.3) is 0 Å². The maximum atomic E-state index is 6.19. The zero-order chi connectivity index (χ0) is 12.8. The van der Waals surface area contributed by atoms with E-state index in [0.29, 0.717) is 19.6 Å². The van der Waals surface area contributed by atoms with Crippen LogP contribution < -0.4 is 0 Å². The van der Waals surface area contributed by atoms with Gasteiger partial charge in [0.2, 0.25) is 8.32 Å². The summed E-state index contributed by atoms with van der Waals surface area (Å²) >= 11 is 0. The summed E-state index contributed by atoms with van der Waals surface area (Å²) in [6.45, 7) is 17.9. The molecule has 0 aliphatic heterocycles. The molecule has 3 nitrogen and oxygen atoms in total. The van der Waals surface area contributed by atoms with Crippen molar-refractivity contribution in [3.63, 3.8) is 0 Å². The van der Waals surface area contributed by atoms with E-state index in [1.165, 1.54) is 0 Å². The maximum Gasteiger partial charge on any atom is 0.240 e. The molecule has 0 rings (SSSR count). The van der Waals surface area contributed by atoms with Crippen LogP contribution in [0.3, 0.4) is 0 Å². The number of rotatable bonds is 8. The molecule has 16 heavy (non-hydrogen) atoms. The second-order valence-electron chi connectivity index (χ2n) is 4.55. The minimum Gasteiger partial charge on any atom is -0.455 e. The molecular formula is C11H27O3Si2. The van der Waals surface area contributed by atoms with E-state index in [2.05, 4.69) is 33.1 Å². The summed E-state index contributed by atoms with van der Waals surface area (Å²) in [6.07, 6.45) is 0.606. The lowest BCUT2D eigenvalue weighted by molar-refractivity contribution is -0.185. The first-order chi connectivity index (χ1) is 7.35. The Morgan fingerprint density at radius 2 is 1.56 bits per heavy atom. The number of ether oxygens (including phenoxy) is 2. The van der Waals surface area contributed by atoms with Crippen molar-refractivity contribution in [3.05, 3.63) is 6.92 Å². The second kappa shape index (κ2) is 6.91. The van der Waals surface area contributed by atoms with Crippen molar-refractivity contribution in [2.45, 2.75) is 51.9 Å². The quantitative estimate of drug-likeness (QED) is 0.498. The fourth-order valence-electron chi connectivity index (χ4n) is 1.98. The van der Waals surface area contributed by atoms with Crippen LogP contribution in [0, 0.1) is 6.92 Å². The average Bonchev–Trinajstić information content (AvgIpc) is 2.15. The highest BCUT2D eigenvalue weighted by molar-refractivity contribution is 6.79. The van der Waals surface area contributed by atoms with Gasteiger partial charge in [0.05, 0.1) is 0 Å². The first-order valence-electron chi connectivity index (χ1n) is 6.10. The van der Waals surface area contributed by atoms with Crippen LogP contribution >= 0.6 is 0 Å². The first kappa shape index (κ1) is 16.3. The van der Waals surface area contributed by atoms with Gasteiger partial charge < -0.3 is 13.6 Å². The minimum atomic E-state index is -2.03. The van der Waals surface area contributed by atoms with Gasteiger partial charge in [-0.05, 0) is 47.0 Å². The third kappa shape index (κ3) is 3.96. The van der Waals surface area contributed by atoms with Gasteiger partial charge in [-0.2, -0.15) is 0 Å². The average molecular weight is 264 g/mol. The van der Waals surface area contributed by atoms with Gasteiger partial charge >= 0.3 is 0 Å². The highest BCUT2D eigenvalue weighted by Crippen LogP contribution is 2.31. The van der Waals surface area contributed by atoms with E-state index in [9.17, 15) is 0 Å². The first-order valence-corrected chi connectivity index (χ1v) is 11.8. The molecule has 0 fully saturated rings. The van der Waals surface area contributed by atoms with E-state index in [0.717, 1.165) is 0 Å². The molecule has 0 spiro atoms. The van der Waals surface area contributed by atoms with Crippen LogP contribution in [0.5, 0.6) is 0 Å². The Bertz CT molecular complexity index is 190. The van der Waals surface area contributed by atoms with Gasteiger partial charge in [0, 0.05) is 19.6 Å². The lowest BCUT2D eigenvalue weighted by atomic mass is 10.4. The van der Waals surface area contributed by atoms with Crippen molar-refractivity contribution in [2.24, 2.45) is 0 Å². The Morgan fingerprint density at radius 1 is 1.12 bits per heavy atom. The molecule has 0 aliphatic rings. The van der Waals surface area contributed by atoms with Crippen LogP contribution in [0.2, 0.25) is 26.2 Å². The fraction of sp³-hybridized carbons (Fsp3) is 0.909. The maximum absolute atomic E-state index is 6.19. The summed E-state index contributed by atoms with van der Waals surface area (Å²) in [5, 5.41) is 0. The van der Waals surface area contributed by atoms with Crippen LogP contribution in [0.15, 0.2) is 0 Å². The van der Waals surface area contributed by atoms with Gasteiger partial charge in [-0.15, -0.1) is 0 Å². The Hall–Kier alpha value is 0.314. The van der Waals surface area contributed by atoms with Gasteiger partial charge in [0.15, 0.2) is 14.5 Å². The Balaban J connectivity index is 4.95. The highest BCUT2D eigenvalue weighted by Gasteiger charge is 2.49. The molecule has 0 aromatic carbocycles. The van der Waals surface area contributed by atoms with Crippen LogP contribution in [-0.2, 0) is 13.6 Å². The van der Waals surface area contributed by atoms with E-state index in [-0.39, 0.29) is 0 Å². The molecule has 0 aromatic rings. The molecule has 0 unspecified atom stereocenters. The summed E-state index contributed by atoms with van der Waals surface area (Å²) in [7, 11) is -3.12. The lowest BCUT2D eigenvalue weighted by Gasteiger charge is -2.44. The van der Waals surface area contributed by atoms with Crippen LogP contribution in [-0.4, -0.2) is 36.0 Å². The van der Waals surface area contributed by atoms with Crippen LogP contribution in [0.4, 0.5) is 0 Å². The largest absolute Gasteiger partial charge is 0.455 e. The Kier molecular flexibility index (Phi) is 7.04. The molecule has 0 saturated carbocycles. The standard InChI is InChI=1S/C11H27O3Si2/c1-8-11(12-9-2,13-10-3)16(6,7)14-15(4)5/h15H,1,8-10H2,2-7H3. The van der Waals surface area contributed by atoms with Gasteiger partial charge in [-0.3, -0.25) is 0 Å². The molecule has 0 amide bonds. The monoisotopic (exact) mass is 263 g/mol. The number of hydrogen-bond donors (Lipinski definition) is 0. The summed E-state index contributed by atoms with van der Waals surface area (Å²) in [5.74, 6) is 0. The van der Waals surface area contributed by atoms with Crippen molar-refractivity contribution >= 4 is 17.4 Å². The van der Waals surface area contributed by atoms with Gasteiger partial charge in [0.1, 0.15) is 0 Å². The van der Waals surface area contributed by atoms with Crippen LogP contribution in [0.1, 0.15) is 20.3 Å². The lowest BCUT2D eigenvalue weighted by Crippen LogP contribution is -2.61. The molecule has 0 heterocycles. The smallest absolute Gasteiger partial charge is 0.240 e. The summed E-state index contributed by atoms with van der Waals surface area (Å²) in [6, 6.07) is 0. The molecule has 97 valence electrons. The second-order valence-corrected chi connectivity index (χ2v) is 11.4. The zero-order valence-electron chi connectivity index (χ0n) is 11.6. The minimum absolute atomic E-state index is 0.590. The number of hydrogen-bond acceptors (Lipinski definition) is 3. The molecule has 0 atom stereocenters. The van der Waals surface area contributed by atoms with Gasteiger partial charge in [-0.1, -0.05) is 0 Å². The topological polar surface area (TPSA) is 27.7 Å². The van der Waals surface area contributed by atoms with Crippen molar-refractivity contribution in [1.29, 1.82) is 0 Å². The third-order valence-electron chi connectivity index (χ3n) is 2.53. The Labute approximate surface area is 103 Å². The Morgan fingerprint density at radius 3 is 1.81 bits per heavy atom. The zero-order valence-corrected chi connectivity index (χ0v) is 13.8. The molecule has 5 heteroatoms. The van der Waals surface area contributed by atoms with Gasteiger partial charge in [0.25, 0.3) is 0 Å². The van der Waals surface area contributed by atoms with Crippen molar-refractivity contribution in [2.75, 3.05) is 13.2 Å². The highest BCUT2D eigenvalue weighted by atomic mass is 28.4. The van der Waals surface area contributed by atoms with Crippen molar-refractivity contribution < 1.29 is 13.6 Å². The van der Waals surface area contributed by atoms with E-state index in [4.69, 9.17) is 13.6 Å². The SMILES string of the molecule is [CH2]CC(OCC)(OCC)[Si](C)(C)O[SiH](C)C. The van der Waals surface area contributed by atoms with Crippen molar-refractivity contribution in [3.8, 4) is 0 Å². The molecule has 1 radical (unpaired) electrons. The molecule has 0 bridgehead atoms. The summed E-state index contributed by atoms with van der Waals surface area (Å²) in [5.41, 5.74) is -0.590. The van der Waals surface area contributed by atoms with E-state index < -0.39 is 22.8 Å². The van der Waals surface area contributed by atoms with Gasteiger partial charge in [-0.25, -0.2) is 0 Å². The molecule has 0 aromatic heterocycles. The normalized spacial score (nSPS) is 13.5. The predicted molar refractivity (Wildman–Crippen MR) is 73.4 cm³/mol.